The molecule has 1 aliphatic rings. The Balaban J connectivity index is 1.73. The van der Waals surface area contributed by atoms with Crippen molar-refractivity contribution >= 4 is 51.5 Å². The number of anilines is 2. The molecule has 0 atom stereocenters. The van der Waals surface area contributed by atoms with Crippen LogP contribution in [0.3, 0.4) is 0 Å². The summed E-state index contributed by atoms with van der Waals surface area (Å²) >= 11 is 11.8. The quantitative estimate of drug-likeness (QED) is 0.444. The van der Waals surface area contributed by atoms with Crippen LogP contribution in [0.2, 0.25) is 10.0 Å². The van der Waals surface area contributed by atoms with Crippen LogP contribution in [0.15, 0.2) is 43.2 Å². The highest BCUT2D eigenvalue weighted by Gasteiger charge is 2.33. The van der Waals surface area contributed by atoms with Crippen LogP contribution in [0.1, 0.15) is 11.5 Å². The molecular weight excluding hydrogens is 430 g/mol. The fraction of sp³-hybridized carbons (Fsp3) is 0.190. The van der Waals surface area contributed by atoms with Crippen molar-refractivity contribution in [2.45, 2.75) is 5.92 Å². The number of benzene rings is 2. The van der Waals surface area contributed by atoms with Gasteiger partial charge in [0.05, 0.1) is 28.4 Å². The summed E-state index contributed by atoms with van der Waals surface area (Å²) in [6.45, 7) is 4.64. The maximum atomic E-state index is 14.5. The zero-order valence-electron chi connectivity index (χ0n) is 16.0. The summed E-state index contributed by atoms with van der Waals surface area (Å²) in [6.07, 6.45) is 2.68. The van der Waals surface area contributed by atoms with Gasteiger partial charge in [0.25, 0.3) is 0 Å². The van der Waals surface area contributed by atoms with E-state index in [1.54, 1.807) is 18.1 Å². The molecule has 0 radical (unpaired) electrons. The van der Waals surface area contributed by atoms with Gasteiger partial charge in [-0.3, -0.25) is 4.79 Å². The van der Waals surface area contributed by atoms with Crippen LogP contribution in [0.5, 0.6) is 5.75 Å². The highest BCUT2D eigenvalue weighted by Crippen LogP contribution is 2.38. The van der Waals surface area contributed by atoms with Gasteiger partial charge in [-0.05, 0) is 24.3 Å². The van der Waals surface area contributed by atoms with Gasteiger partial charge in [0.1, 0.15) is 17.9 Å². The molecule has 4 rings (SSSR count). The molecule has 30 heavy (non-hydrogen) atoms. The molecule has 1 aromatic heterocycles. The Morgan fingerprint density at radius 2 is 2.10 bits per heavy atom. The predicted octanol–water partition coefficient (Wildman–Crippen LogP) is 4.94. The van der Waals surface area contributed by atoms with Gasteiger partial charge in [0.2, 0.25) is 5.91 Å². The van der Waals surface area contributed by atoms with Gasteiger partial charge in [0, 0.05) is 36.0 Å². The molecule has 2 heterocycles. The minimum atomic E-state index is -0.665. The van der Waals surface area contributed by atoms with E-state index in [4.69, 9.17) is 27.9 Å². The fourth-order valence-electron chi connectivity index (χ4n) is 3.43. The van der Waals surface area contributed by atoms with E-state index in [0.717, 1.165) is 5.56 Å². The number of methoxy groups -OCH3 is 1. The second kappa shape index (κ2) is 8.08. The molecule has 0 bridgehead atoms. The van der Waals surface area contributed by atoms with Gasteiger partial charge in [-0.1, -0.05) is 29.8 Å². The molecule has 1 fully saturated rings. The molecule has 0 spiro atoms. The molecular formula is C21H17Cl2FN4O2. The van der Waals surface area contributed by atoms with Gasteiger partial charge in [0.15, 0.2) is 5.82 Å². The average molecular weight is 447 g/mol. The zero-order valence-corrected chi connectivity index (χ0v) is 17.5. The lowest BCUT2D eigenvalue weighted by Crippen LogP contribution is -2.47. The van der Waals surface area contributed by atoms with Gasteiger partial charge in [-0.2, -0.15) is 0 Å². The molecule has 2 aromatic carbocycles. The normalized spacial score (nSPS) is 13.8. The van der Waals surface area contributed by atoms with Crippen LogP contribution in [0.25, 0.3) is 10.9 Å². The Bertz CT molecular complexity index is 1170. The Kier molecular flexibility index (Phi) is 5.49. The van der Waals surface area contributed by atoms with E-state index >= 15 is 0 Å². The smallest absolute Gasteiger partial charge is 0.245 e. The highest BCUT2D eigenvalue weighted by molar-refractivity contribution is 6.42. The maximum absolute atomic E-state index is 14.5. The average Bonchev–Trinajstić information content (AvgIpc) is 2.72. The Morgan fingerprint density at radius 1 is 1.33 bits per heavy atom. The van der Waals surface area contributed by atoms with E-state index in [9.17, 15) is 9.18 Å². The molecule has 1 aliphatic heterocycles. The summed E-state index contributed by atoms with van der Waals surface area (Å²) in [5, 5.41) is 3.62. The third-order valence-corrected chi connectivity index (χ3v) is 5.86. The summed E-state index contributed by atoms with van der Waals surface area (Å²) in [4.78, 5) is 22.0. The second-order valence-corrected chi connectivity index (χ2v) is 7.61. The Morgan fingerprint density at radius 3 is 2.80 bits per heavy atom. The monoisotopic (exact) mass is 446 g/mol. The van der Waals surface area contributed by atoms with E-state index in [-0.39, 0.29) is 27.6 Å². The van der Waals surface area contributed by atoms with Crippen LogP contribution in [-0.4, -0.2) is 41.0 Å². The number of hydrogen-bond donors (Lipinski definition) is 1. The van der Waals surface area contributed by atoms with Crippen molar-refractivity contribution in [1.82, 2.24) is 14.9 Å². The zero-order chi connectivity index (χ0) is 21.4. The highest BCUT2D eigenvalue weighted by atomic mass is 35.5. The molecule has 3 aromatic rings. The van der Waals surface area contributed by atoms with E-state index in [1.807, 2.05) is 6.07 Å². The number of amides is 1. The van der Waals surface area contributed by atoms with Crippen molar-refractivity contribution in [1.29, 1.82) is 0 Å². The molecule has 6 nitrogen and oxygen atoms in total. The van der Waals surface area contributed by atoms with Crippen LogP contribution >= 0.6 is 23.2 Å². The van der Waals surface area contributed by atoms with Gasteiger partial charge in [-0.25, -0.2) is 14.4 Å². The molecule has 1 amide bonds. The number of halogens is 3. The van der Waals surface area contributed by atoms with Crippen molar-refractivity contribution in [3.63, 3.8) is 0 Å². The molecule has 0 aliphatic carbocycles. The molecule has 1 saturated heterocycles. The molecule has 9 heteroatoms. The van der Waals surface area contributed by atoms with E-state index in [2.05, 4.69) is 21.9 Å². The van der Waals surface area contributed by atoms with Gasteiger partial charge < -0.3 is 15.0 Å². The summed E-state index contributed by atoms with van der Waals surface area (Å²) in [5.74, 6) is 0.417. The standard InChI is InChI=1S/C21H17Cl2FN4O2/c1-3-18(29)28-8-11(9-28)12-6-13-16(7-17(12)30-2)25-10-26-21(13)27-15-5-4-14(22)19(23)20(15)24/h3-7,10-11H,1,8-9H2,2H3,(H,25,26,27). The molecule has 1 N–H and O–H groups in total. The fourth-order valence-corrected chi connectivity index (χ4v) is 3.74. The summed E-state index contributed by atoms with van der Waals surface area (Å²) in [7, 11) is 1.58. The number of rotatable bonds is 5. The molecule has 0 unspecified atom stereocenters. The number of hydrogen-bond acceptors (Lipinski definition) is 5. The van der Waals surface area contributed by atoms with Crippen molar-refractivity contribution in [2.75, 3.05) is 25.5 Å². The number of likely N-dealkylation sites (tertiary alicyclic amines) is 1. The lowest BCUT2D eigenvalue weighted by atomic mass is 9.89. The van der Waals surface area contributed by atoms with E-state index in [0.29, 0.717) is 35.6 Å². The largest absolute Gasteiger partial charge is 0.496 e. The SMILES string of the molecule is C=CC(=O)N1CC(c2cc3c(Nc4ccc(Cl)c(Cl)c4F)ncnc3cc2OC)C1. The van der Waals surface area contributed by atoms with Crippen molar-refractivity contribution in [3.8, 4) is 5.75 Å². The molecule has 0 saturated carbocycles. The first-order chi connectivity index (χ1) is 14.4. The number of carbonyl (C=O) groups is 1. The topological polar surface area (TPSA) is 67.4 Å². The van der Waals surface area contributed by atoms with E-state index in [1.165, 1.54) is 24.5 Å². The number of carbonyl (C=O) groups excluding carboxylic acids is 1. The maximum Gasteiger partial charge on any atom is 0.245 e. The number of ether oxygens (including phenoxy) is 1. The Hall–Kier alpha value is -2.90. The minimum Gasteiger partial charge on any atom is -0.496 e. The lowest BCUT2D eigenvalue weighted by molar-refractivity contribution is -0.130. The summed E-state index contributed by atoms with van der Waals surface area (Å²) in [5.41, 5.74) is 1.70. The summed E-state index contributed by atoms with van der Waals surface area (Å²) in [6, 6.07) is 6.71. The number of fused-ring (bicyclic) bond motifs is 1. The predicted molar refractivity (Wildman–Crippen MR) is 115 cm³/mol. The second-order valence-electron chi connectivity index (χ2n) is 6.83. The number of aromatic nitrogens is 2. The third kappa shape index (κ3) is 3.55. The summed E-state index contributed by atoms with van der Waals surface area (Å²) < 4.78 is 20.0. The molecule has 154 valence electrons. The first kappa shape index (κ1) is 20.4. The van der Waals surface area contributed by atoms with Crippen LogP contribution < -0.4 is 10.1 Å². The minimum absolute atomic E-state index is 0.100. The third-order valence-electron chi connectivity index (χ3n) is 5.08. The first-order valence-corrected chi connectivity index (χ1v) is 9.83. The van der Waals surface area contributed by atoms with Crippen LogP contribution in [0.4, 0.5) is 15.9 Å². The number of nitrogens with one attached hydrogen (secondary N) is 1. The van der Waals surface area contributed by atoms with Gasteiger partial charge in [-0.15, -0.1) is 0 Å². The number of nitrogens with zero attached hydrogens (tertiary/aromatic N) is 3. The van der Waals surface area contributed by atoms with Crippen molar-refractivity contribution < 1.29 is 13.9 Å². The first-order valence-electron chi connectivity index (χ1n) is 9.07. The lowest BCUT2D eigenvalue weighted by Gasteiger charge is -2.39. The van der Waals surface area contributed by atoms with Gasteiger partial charge >= 0.3 is 0 Å². The van der Waals surface area contributed by atoms with Crippen LogP contribution in [0, 0.1) is 5.82 Å². The van der Waals surface area contributed by atoms with Crippen molar-refractivity contribution in [2.24, 2.45) is 0 Å². The van der Waals surface area contributed by atoms with Crippen molar-refractivity contribution in [3.05, 3.63) is 64.7 Å². The van der Waals surface area contributed by atoms with E-state index < -0.39 is 5.82 Å². The van der Waals surface area contributed by atoms with Crippen LogP contribution in [-0.2, 0) is 4.79 Å². The Labute approximate surface area is 182 Å².